The first-order chi connectivity index (χ1) is 15.8. The van der Waals surface area contributed by atoms with Gasteiger partial charge in [-0.05, 0) is 65.0 Å². The van der Waals surface area contributed by atoms with Crippen LogP contribution in [0.3, 0.4) is 0 Å². The summed E-state index contributed by atoms with van der Waals surface area (Å²) in [5.41, 5.74) is 1.46. The molecule has 0 bridgehead atoms. The molecule has 1 aromatic rings. The highest BCUT2D eigenvalue weighted by Crippen LogP contribution is 2.38. The van der Waals surface area contributed by atoms with E-state index in [1.165, 1.54) is 11.9 Å². The number of nitrogens with one attached hydrogen (secondary N) is 2. The quantitative estimate of drug-likeness (QED) is 0.251. The van der Waals surface area contributed by atoms with Gasteiger partial charge in [0.2, 0.25) is 0 Å². The van der Waals surface area contributed by atoms with Crippen molar-refractivity contribution in [3.63, 3.8) is 0 Å². The van der Waals surface area contributed by atoms with Crippen LogP contribution in [0.15, 0.2) is 28.2 Å². The fourth-order valence-electron chi connectivity index (χ4n) is 4.30. The SMILES string of the molecule is CC/C=C(\NC(C)=NC(C)CC)SNC(=O)c1ccc(C(C)(C)C)nc1N1CC(C)CC1(C)C. The van der Waals surface area contributed by atoms with Gasteiger partial charge in [0.25, 0.3) is 5.91 Å². The molecule has 0 spiro atoms. The summed E-state index contributed by atoms with van der Waals surface area (Å²) in [7, 11) is 0. The number of carbonyl (C=O) groups excluding carboxylic acids is 1. The van der Waals surface area contributed by atoms with Gasteiger partial charge in [-0.15, -0.1) is 0 Å². The van der Waals surface area contributed by atoms with Crippen molar-refractivity contribution in [1.82, 2.24) is 15.0 Å². The minimum Gasteiger partial charge on any atom is -0.351 e. The van der Waals surface area contributed by atoms with Gasteiger partial charge in [-0.2, -0.15) is 0 Å². The number of carbonyl (C=O) groups is 1. The summed E-state index contributed by atoms with van der Waals surface area (Å²) in [6, 6.07) is 4.18. The van der Waals surface area contributed by atoms with E-state index < -0.39 is 0 Å². The predicted octanol–water partition coefficient (Wildman–Crippen LogP) is 6.44. The molecule has 2 rings (SSSR count). The summed E-state index contributed by atoms with van der Waals surface area (Å²) in [6.07, 6.45) is 4.98. The largest absolute Gasteiger partial charge is 0.351 e. The van der Waals surface area contributed by atoms with E-state index in [1.54, 1.807) is 0 Å². The number of nitrogens with zero attached hydrogens (tertiary/aromatic N) is 3. The van der Waals surface area contributed by atoms with Gasteiger partial charge in [-0.3, -0.25) is 14.5 Å². The number of hydrogen-bond acceptors (Lipinski definition) is 5. The zero-order chi connectivity index (χ0) is 25.7. The van der Waals surface area contributed by atoms with Crippen LogP contribution in [0.25, 0.3) is 0 Å². The van der Waals surface area contributed by atoms with Gasteiger partial charge in [-0.1, -0.05) is 47.6 Å². The third-order valence-corrected chi connectivity index (χ3v) is 6.95. The second-order valence-electron chi connectivity index (χ2n) is 11.2. The minimum atomic E-state index is -0.136. The van der Waals surface area contributed by atoms with E-state index in [0.717, 1.165) is 48.2 Å². The molecule has 0 radical (unpaired) electrons. The van der Waals surface area contributed by atoms with Crippen molar-refractivity contribution in [2.75, 3.05) is 11.4 Å². The lowest BCUT2D eigenvalue weighted by Crippen LogP contribution is -2.40. The molecular formula is C27H45N5OS. The summed E-state index contributed by atoms with van der Waals surface area (Å²) in [5.74, 6) is 2.05. The van der Waals surface area contributed by atoms with E-state index in [9.17, 15) is 4.79 Å². The Balaban J connectivity index is 2.30. The number of hydrogen-bond donors (Lipinski definition) is 2. The van der Waals surface area contributed by atoms with E-state index in [4.69, 9.17) is 4.98 Å². The van der Waals surface area contributed by atoms with Crippen molar-refractivity contribution in [3.8, 4) is 0 Å². The smallest absolute Gasteiger partial charge is 0.265 e. The predicted molar refractivity (Wildman–Crippen MR) is 148 cm³/mol. The van der Waals surface area contributed by atoms with Gasteiger partial charge < -0.3 is 10.2 Å². The van der Waals surface area contributed by atoms with Crippen molar-refractivity contribution in [3.05, 3.63) is 34.5 Å². The Morgan fingerprint density at radius 1 is 1.35 bits per heavy atom. The molecule has 1 aliphatic heterocycles. The molecule has 1 aromatic heterocycles. The minimum absolute atomic E-state index is 0.0521. The standard InChI is InChI=1S/C27H45N5OS/c1-11-13-23(29-20(5)28-19(4)12-2)34-31-25(33)21-14-15-22(26(6,7)8)30-24(21)32-17-18(3)16-27(32,9)10/h13-15,18-19H,11-12,16-17H2,1-10H3,(H,28,29)(H,31,33)/b23-13+. The molecule has 7 heteroatoms. The molecule has 0 aromatic carbocycles. The van der Waals surface area contributed by atoms with Gasteiger partial charge in [0.1, 0.15) is 5.82 Å². The highest BCUT2D eigenvalue weighted by molar-refractivity contribution is 8.01. The Labute approximate surface area is 211 Å². The molecule has 1 fully saturated rings. The molecule has 2 heterocycles. The summed E-state index contributed by atoms with van der Waals surface area (Å²) >= 11 is 1.30. The Morgan fingerprint density at radius 2 is 2.03 bits per heavy atom. The Hall–Kier alpha value is -2.02. The van der Waals surface area contributed by atoms with Gasteiger partial charge in [-0.25, -0.2) is 4.98 Å². The summed E-state index contributed by atoms with van der Waals surface area (Å²) in [5, 5.41) is 4.21. The van der Waals surface area contributed by atoms with Crippen molar-refractivity contribution >= 4 is 29.5 Å². The topological polar surface area (TPSA) is 69.6 Å². The molecule has 6 nitrogen and oxygen atoms in total. The Bertz CT molecular complexity index is 916. The van der Waals surface area contributed by atoms with Crippen LogP contribution in [0.5, 0.6) is 0 Å². The first-order valence-corrected chi connectivity index (χ1v) is 13.4. The number of pyridine rings is 1. The van der Waals surface area contributed by atoms with E-state index in [1.807, 2.05) is 19.1 Å². The van der Waals surface area contributed by atoms with Crippen LogP contribution in [0, 0.1) is 5.92 Å². The molecule has 0 saturated carbocycles. The summed E-state index contributed by atoms with van der Waals surface area (Å²) < 4.78 is 3.04. The molecule has 2 N–H and O–H groups in total. The fourth-order valence-corrected chi connectivity index (χ4v) is 5.06. The van der Waals surface area contributed by atoms with Crippen LogP contribution in [-0.4, -0.2) is 34.9 Å². The van der Waals surface area contributed by atoms with Gasteiger partial charge in [0.05, 0.1) is 16.4 Å². The van der Waals surface area contributed by atoms with E-state index in [-0.39, 0.29) is 22.9 Å². The number of aromatic nitrogens is 1. The third kappa shape index (κ3) is 7.49. The van der Waals surface area contributed by atoms with Crippen LogP contribution < -0.4 is 14.9 Å². The number of rotatable bonds is 8. The average Bonchev–Trinajstić information content (AvgIpc) is 3.02. The fraction of sp³-hybridized carbons (Fsp3) is 0.667. The van der Waals surface area contributed by atoms with Crippen molar-refractivity contribution in [2.24, 2.45) is 10.9 Å². The van der Waals surface area contributed by atoms with E-state index in [2.05, 4.69) is 88.3 Å². The highest BCUT2D eigenvalue weighted by Gasteiger charge is 2.39. The van der Waals surface area contributed by atoms with Crippen LogP contribution in [0.1, 0.15) is 105 Å². The molecule has 0 aliphatic carbocycles. The molecule has 2 atom stereocenters. The average molecular weight is 488 g/mol. The van der Waals surface area contributed by atoms with Crippen molar-refractivity contribution < 1.29 is 4.79 Å². The second-order valence-corrected chi connectivity index (χ2v) is 12.0. The van der Waals surface area contributed by atoms with Crippen LogP contribution in [0.2, 0.25) is 0 Å². The van der Waals surface area contributed by atoms with E-state index in [0.29, 0.717) is 11.5 Å². The maximum atomic E-state index is 13.4. The first kappa shape index (κ1) is 28.2. The maximum Gasteiger partial charge on any atom is 0.265 e. The number of anilines is 1. The molecule has 34 heavy (non-hydrogen) atoms. The van der Waals surface area contributed by atoms with Crippen molar-refractivity contribution in [1.29, 1.82) is 0 Å². The van der Waals surface area contributed by atoms with Gasteiger partial charge >= 0.3 is 0 Å². The number of amides is 1. The Morgan fingerprint density at radius 3 is 2.56 bits per heavy atom. The lowest BCUT2D eigenvalue weighted by Gasteiger charge is -2.34. The molecular weight excluding hydrogens is 442 g/mol. The Kier molecular flexibility index (Phi) is 9.63. The molecule has 190 valence electrons. The van der Waals surface area contributed by atoms with Crippen LogP contribution >= 0.6 is 11.9 Å². The molecule has 2 unspecified atom stereocenters. The van der Waals surface area contributed by atoms with Crippen molar-refractivity contribution in [2.45, 2.75) is 105 Å². The van der Waals surface area contributed by atoms with Gasteiger partial charge in [0, 0.05) is 41.2 Å². The summed E-state index contributed by atoms with van der Waals surface area (Å²) in [6.45, 7) is 22.4. The molecule has 1 amide bonds. The second kappa shape index (κ2) is 11.6. The lowest BCUT2D eigenvalue weighted by atomic mass is 9.91. The first-order valence-electron chi connectivity index (χ1n) is 12.6. The third-order valence-electron chi connectivity index (χ3n) is 6.17. The highest BCUT2D eigenvalue weighted by atomic mass is 32.2. The number of aliphatic imine (C=N–C) groups is 1. The normalized spacial score (nSPS) is 19.8. The lowest BCUT2D eigenvalue weighted by molar-refractivity contribution is 0.0984. The monoisotopic (exact) mass is 487 g/mol. The zero-order valence-corrected chi connectivity index (χ0v) is 23.7. The zero-order valence-electron chi connectivity index (χ0n) is 22.9. The maximum absolute atomic E-state index is 13.4. The molecule has 1 saturated heterocycles. The number of amidine groups is 1. The number of allylic oxidation sites excluding steroid dienone is 1. The van der Waals surface area contributed by atoms with Crippen LogP contribution in [0.4, 0.5) is 5.82 Å². The van der Waals surface area contributed by atoms with Crippen LogP contribution in [-0.2, 0) is 5.41 Å². The van der Waals surface area contributed by atoms with Gasteiger partial charge in [0.15, 0.2) is 0 Å². The summed E-state index contributed by atoms with van der Waals surface area (Å²) in [4.78, 5) is 25.4. The van der Waals surface area contributed by atoms with E-state index >= 15 is 0 Å². The molecule has 1 aliphatic rings.